The van der Waals surface area contributed by atoms with Crippen molar-refractivity contribution in [3.8, 4) is 0 Å². The average molecular weight is 325 g/mol. The van der Waals surface area contributed by atoms with E-state index < -0.39 is 5.82 Å². The van der Waals surface area contributed by atoms with Gasteiger partial charge in [0, 0.05) is 25.1 Å². The second-order valence-corrected chi connectivity index (χ2v) is 6.23. The van der Waals surface area contributed by atoms with Crippen LogP contribution in [0.4, 0.5) is 4.39 Å². The summed E-state index contributed by atoms with van der Waals surface area (Å²) in [6.07, 6.45) is 1.27. The van der Waals surface area contributed by atoms with Crippen molar-refractivity contribution < 1.29 is 9.18 Å². The number of hydrogen-bond donors (Lipinski definition) is 0. The van der Waals surface area contributed by atoms with Gasteiger partial charge >= 0.3 is 0 Å². The van der Waals surface area contributed by atoms with Crippen LogP contribution in [0.3, 0.4) is 0 Å². The first kappa shape index (κ1) is 12.9. The Balaban J connectivity index is 2.03. The lowest BCUT2D eigenvalue weighted by Crippen LogP contribution is -2.28. The summed E-state index contributed by atoms with van der Waals surface area (Å²) in [5.74, 6) is -0.453. The highest BCUT2D eigenvalue weighted by Gasteiger charge is 2.44. The third-order valence-electron chi connectivity index (χ3n) is 3.83. The number of nitrogens with zero attached hydrogens (tertiary/aromatic N) is 2. The Labute approximate surface area is 119 Å². The summed E-state index contributed by atoms with van der Waals surface area (Å²) in [7, 11) is 2.02. The molecule has 1 spiro atoms. The van der Waals surface area contributed by atoms with Crippen molar-refractivity contribution in [3.05, 3.63) is 34.1 Å². The highest BCUT2D eigenvalue weighted by Crippen LogP contribution is 2.35. The predicted octanol–water partition coefficient (Wildman–Crippen LogP) is 2.42. The maximum absolute atomic E-state index is 14.1. The highest BCUT2D eigenvalue weighted by molar-refractivity contribution is 9.10. The summed E-state index contributed by atoms with van der Waals surface area (Å²) >= 11 is 3.15. The van der Waals surface area contributed by atoms with Gasteiger partial charge in [0.2, 0.25) is 0 Å². The van der Waals surface area contributed by atoms with Crippen LogP contribution in [0.1, 0.15) is 18.4 Å². The highest BCUT2D eigenvalue weighted by atomic mass is 79.9. The molecular formula is C14H14BrFN2O. The molecule has 3 nitrogen and oxygen atoms in total. The summed E-state index contributed by atoms with van der Waals surface area (Å²) in [4.78, 5) is 18.9. The molecule has 2 aliphatic heterocycles. The van der Waals surface area contributed by atoms with Crippen molar-refractivity contribution in [2.75, 3.05) is 20.1 Å². The van der Waals surface area contributed by atoms with E-state index in [2.05, 4.69) is 25.8 Å². The zero-order chi connectivity index (χ0) is 13.6. The maximum atomic E-state index is 14.1. The van der Waals surface area contributed by atoms with Gasteiger partial charge in [0.1, 0.15) is 11.5 Å². The number of likely N-dealkylation sites (tertiary alicyclic amines) is 1. The third-order valence-corrected chi connectivity index (χ3v) is 4.44. The van der Waals surface area contributed by atoms with E-state index in [9.17, 15) is 9.18 Å². The second-order valence-electron chi connectivity index (χ2n) is 5.37. The molecule has 0 radical (unpaired) electrons. The van der Waals surface area contributed by atoms with Gasteiger partial charge in [0.05, 0.1) is 10.0 Å². The summed E-state index contributed by atoms with van der Waals surface area (Å²) < 4.78 is 14.5. The molecule has 19 heavy (non-hydrogen) atoms. The molecule has 1 fully saturated rings. The SMILES string of the molecule is CN1CCC2(CC(=O)C(c3cccc(Br)c3F)=N2)C1. The standard InChI is InChI=1S/C14H14BrFN2O/c1-18-6-5-14(8-18)7-11(19)13(17-14)9-3-2-4-10(15)12(9)16/h2-4H,5-8H2,1H3. The normalized spacial score (nSPS) is 27.3. The van der Waals surface area contributed by atoms with Gasteiger partial charge in [-0.1, -0.05) is 6.07 Å². The fourth-order valence-electron chi connectivity index (χ4n) is 2.91. The largest absolute Gasteiger partial charge is 0.304 e. The van der Waals surface area contributed by atoms with Gasteiger partial charge in [0.15, 0.2) is 5.78 Å². The summed E-state index contributed by atoms with van der Waals surface area (Å²) in [6.45, 7) is 1.71. The van der Waals surface area contributed by atoms with Crippen molar-refractivity contribution in [2.45, 2.75) is 18.4 Å². The van der Waals surface area contributed by atoms with E-state index in [1.807, 2.05) is 7.05 Å². The van der Waals surface area contributed by atoms with Gasteiger partial charge in [-0.25, -0.2) is 4.39 Å². The van der Waals surface area contributed by atoms with Gasteiger partial charge in [-0.3, -0.25) is 9.79 Å². The van der Waals surface area contributed by atoms with Crippen LogP contribution >= 0.6 is 15.9 Å². The summed E-state index contributed by atoms with van der Waals surface area (Å²) in [6, 6.07) is 4.97. The van der Waals surface area contributed by atoms with Crippen molar-refractivity contribution in [3.63, 3.8) is 0 Å². The van der Waals surface area contributed by atoms with Crippen LogP contribution in [0.2, 0.25) is 0 Å². The van der Waals surface area contributed by atoms with Crippen molar-refractivity contribution >= 4 is 27.4 Å². The molecule has 0 aliphatic carbocycles. The number of carbonyl (C=O) groups excluding carboxylic acids is 1. The Kier molecular flexibility index (Phi) is 3.06. The molecule has 1 aromatic rings. The molecule has 1 unspecified atom stereocenters. The van der Waals surface area contributed by atoms with Crippen molar-refractivity contribution in [1.29, 1.82) is 0 Å². The lowest BCUT2D eigenvalue weighted by Gasteiger charge is -2.17. The third kappa shape index (κ3) is 2.15. The number of rotatable bonds is 1. The van der Waals surface area contributed by atoms with Crippen LogP contribution in [0.25, 0.3) is 0 Å². The molecule has 0 N–H and O–H groups in total. The van der Waals surface area contributed by atoms with E-state index >= 15 is 0 Å². The van der Waals surface area contributed by atoms with Crippen LogP contribution in [0, 0.1) is 5.82 Å². The van der Waals surface area contributed by atoms with E-state index in [1.54, 1.807) is 18.2 Å². The minimum Gasteiger partial charge on any atom is -0.304 e. The van der Waals surface area contributed by atoms with Crippen LogP contribution in [-0.2, 0) is 4.79 Å². The van der Waals surface area contributed by atoms with Crippen LogP contribution in [0.15, 0.2) is 27.7 Å². The fraction of sp³-hybridized carbons (Fsp3) is 0.429. The molecule has 1 saturated heterocycles. The van der Waals surface area contributed by atoms with Crippen LogP contribution in [0.5, 0.6) is 0 Å². The monoisotopic (exact) mass is 324 g/mol. The van der Waals surface area contributed by atoms with Gasteiger partial charge < -0.3 is 4.90 Å². The van der Waals surface area contributed by atoms with E-state index in [0.717, 1.165) is 19.5 Å². The molecule has 100 valence electrons. The molecule has 1 atom stereocenters. The van der Waals surface area contributed by atoms with Crippen LogP contribution in [-0.4, -0.2) is 42.1 Å². The Bertz CT molecular complexity index is 587. The molecule has 5 heteroatoms. The topological polar surface area (TPSA) is 32.7 Å². The second kappa shape index (κ2) is 4.49. The summed E-state index contributed by atoms with van der Waals surface area (Å²) in [5, 5.41) is 0. The molecule has 0 bridgehead atoms. The summed E-state index contributed by atoms with van der Waals surface area (Å²) in [5.41, 5.74) is 0.288. The van der Waals surface area contributed by atoms with Gasteiger partial charge in [0.25, 0.3) is 0 Å². The fourth-order valence-corrected chi connectivity index (χ4v) is 3.28. The first-order valence-corrected chi connectivity index (χ1v) is 7.06. The zero-order valence-electron chi connectivity index (χ0n) is 10.6. The van der Waals surface area contributed by atoms with Gasteiger partial charge in [-0.2, -0.15) is 0 Å². The number of benzene rings is 1. The Morgan fingerprint density at radius 2 is 2.26 bits per heavy atom. The van der Waals surface area contributed by atoms with Gasteiger partial charge in [-0.05, 0) is 41.5 Å². The molecular weight excluding hydrogens is 311 g/mol. The quantitative estimate of drug-likeness (QED) is 0.794. The molecule has 0 amide bonds. The van der Waals surface area contributed by atoms with E-state index in [-0.39, 0.29) is 11.3 Å². The van der Waals surface area contributed by atoms with Crippen LogP contribution < -0.4 is 0 Å². The molecule has 3 rings (SSSR count). The van der Waals surface area contributed by atoms with E-state index in [0.29, 0.717) is 22.2 Å². The number of aliphatic imine (C=N–C) groups is 1. The number of Topliss-reactive ketones (excluding diaryl/α,β-unsaturated/α-hetero) is 1. The smallest absolute Gasteiger partial charge is 0.183 e. The van der Waals surface area contributed by atoms with Crippen molar-refractivity contribution in [2.24, 2.45) is 4.99 Å². The lowest BCUT2D eigenvalue weighted by molar-refractivity contribution is -0.113. The average Bonchev–Trinajstić information content (AvgIpc) is 2.87. The lowest BCUT2D eigenvalue weighted by atomic mass is 9.95. The first-order valence-electron chi connectivity index (χ1n) is 6.27. The van der Waals surface area contributed by atoms with E-state index in [1.165, 1.54) is 0 Å². The number of carbonyl (C=O) groups is 1. The van der Waals surface area contributed by atoms with Crippen molar-refractivity contribution in [1.82, 2.24) is 4.90 Å². The molecule has 0 saturated carbocycles. The van der Waals surface area contributed by atoms with E-state index in [4.69, 9.17) is 0 Å². The number of likely N-dealkylation sites (N-methyl/N-ethyl adjacent to an activating group) is 1. The first-order chi connectivity index (χ1) is 9.01. The number of hydrogen-bond acceptors (Lipinski definition) is 3. The predicted molar refractivity (Wildman–Crippen MR) is 75.1 cm³/mol. The minimum absolute atomic E-state index is 0.0488. The Morgan fingerprint density at radius 3 is 2.95 bits per heavy atom. The molecule has 1 aromatic carbocycles. The minimum atomic E-state index is -0.405. The number of ketones is 1. The number of halogens is 2. The Morgan fingerprint density at radius 1 is 1.47 bits per heavy atom. The molecule has 2 aliphatic rings. The Hall–Kier alpha value is -1.07. The molecule has 0 aromatic heterocycles. The van der Waals surface area contributed by atoms with Gasteiger partial charge in [-0.15, -0.1) is 0 Å². The maximum Gasteiger partial charge on any atom is 0.183 e. The molecule has 2 heterocycles. The zero-order valence-corrected chi connectivity index (χ0v) is 12.2.